The van der Waals surface area contributed by atoms with E-state index in [2.05, 4.69) is 54.5 Å². The second-order valence-electron chi connectivity index (χ2n) is 5.14. The molecule has 1 N–H and O–H groups in total. The molecule has 0 saturated carbocycles. The van der Waals surface area contributed by atoms with Gasteiger partial charge in [-0.3, -0.25) is 0 Å². The maximum absolute atomic E-state index is 4.09. The van der Waals surface area contributed by atoms with Crippen LogP contribution >= 0.6 is 0 Å². The molecule has 1 heterocycles. The number of hydrogen-bond acceptors (Lipinski definition) is 3. The molecule has 0 aliphatic rings. The quantitative estimate of drug-likeness (QED) is 0.895. The van der Waals surface area contributed by atoms with Gasteiger partial charge in [0.1, 0.15) is 12.2 Å². The zero-order chi connectivity index (χ0) is 13.8. The monoisotopic (exact) mass is 258 g/mol. The maximum Gasteiger partial charge on any atom is 0.133 e. The average Bonchev–Trinajstić information content (AvgIpc) is 2.78. The van der Waals surface area contributed by atoms with Crippen LogP contribution < -0.4 is 5.32 Å². The van der Waals surface area contributed by atoms with Gasteiger partial charge in [-0.05, 0) is 31.9 Å². The lowest BCUT2D eigenvalue weighted by Crippen LogP contribution is -2.23. The van der Waals surface area contributed by atoms with Gasteiger partial charge in [0.25, 0.3) is 0 Å². The van der Waals surface area contributed by atoms with E-state index >= 15 is 0 Å². The Kier molecular flexibility index (Phi) is 4.32. The van der Waals surface area contributed by atoms with Gasteiger partial charge in [0.15, 0.2) is 0 Å². The summed E-state index contributed by atoms with van der Waals surface area (Å²) in [6.45, 7) is 7.41. The van der Waals surface area contributed by atoms with Crippen molar-refractivity contribution in [3.05, 3.63) is 47.0 Å². The first kappa shape index (κ1) is 13.7. The number of aryl methyl sites for hydroxylation is 3. The molecule has 1 aromatic carbocycles. The van der Waals surface area contributed by atoms with E-state index in [0.29, 0.717) is 6.04 Å². The Morgan fingerprint density at radius 2 is 2.11 bits per heavy atom. The topological polar surface area (TPSA) is 42.7 Å². The summed E-state index contributed by atoms with van der Waals surface area (Å²) in [5.74, 6) is 1.01. The number of aromatic nitrogens is 3. The summed E-state index contributed by atoms with van der Waals surface area (Å²) in [4.78, 5) is 0. The normalized spacial score (nSPS) is 12.6. The predicted molar refractivity (Wildman–Crippen MR) is 77.0 cm³/mol. The first-order chi connectivity index (χ1) is 9.08. The molecule has 0 radical (unpaired) electrons. The van der Waals surface area contributed by atoms with Crippen LogP contribution in [0.1, 0.15) is 35.5 Å². The Morgan fingerprint density at radius 1 is 1.32 bits per heavy atom. The molecule has 2 rings (SSSR count). The van der Waals surface area contributed by atoms with Crippen LogP contribution in [0.25, 0.3) is 0 Å². The summed E-state index contributed by atoms with van der Waals surface area (Å²) in [5.41, 5.74) is 4.02. The van der Waals surface area contributed by atoms with Crippen molar-refractivity contribution in [2.45, 2.75) is 33.2 Å². The SMILES string of the molecule is Cc1ccc(C)c(C(C)NCCc2nncn2C)c1. The fraction of sp³-hybridized carbons (Fsp3) is 0.467. The molecule has 4 heteroatoms. The van der Waals surface area contributed by atoms with Crippen molar-refractivity contribution >= 4 is 0 Å². The van der Waals surface area contributed by atoms with E-state index in [9.17, 15) is 0 Å². The summed E-state index contributed by atoms with van der Waals surface area (Å²) in [6, 6.07) is 6.96. The van der Waals surface area contributed by atoms with Crippen LogP contribution in [0.4, 0.5) is 0 Å². The Labute approximate surface area is 114 Å². The second-order valence-corrected chi connectivity index (χ2v) is 5.14. The third-order valence-corrected chi connectivity index (χ3v) is 3.51. The molecule has 0 spiro atoms. The zero-order valence-corrected chi connectivity index (χ0v) is 12.1. The lowest BCUT2D eigenvalue weighted by atomic mass is 10.00. The van der Waals surface area contributed by atoms with Gasteiger partial charge in [-0.2, -0.15) is 0 Å². The van der Waals surface area contributed by atoms with Gasteiger partial charge in [-0.1, -0.05) is 23.8 Å². The second kappa shape index (κ2) is 5.97. The molecule has 0 aliphatic heterocycles. The molecule has 0 fully saturated rings. The van der Waals surface area contributed by atoms with E-state index in [0.717, 1.165) is 18.8 Å². The highest BCUT2D eigenvalue weighted by Gasteiger charge is 2.08. The molecule has 19 heavy (non-hydrogen) atoms. The molecule has 1 unspecified atom stereocenters. The maximum atomic E-state index is 4.09. The van der Waals surface area contributed by atoms with Gasteiger partial charge in [0, 0.05) is 26.1 Å². The van der Waals surface area contributed by atoms with Crippen molar-refractivity contribution in [1.29, 1.82) is 0 Å². The number of rotatable bonds is 5. The van der Waals surface area contributed by atoms with E-state index in [1.54, 1.807) is 6.33 Å². The van der Waals surface area contributed by atoms with Gasteiger partial charge < -0.3 is 9.88 Å². The number of hydrogen-bond donors (Lipinski definition) is 1. The van der Waals surface area contributed by atoms with Crippen LogP contribution in [0.15, 0.2) is 24.5 Å². The van der Waals surface area contributed by atoms with Crippen LogP contribution in [-0.4, -0.2) is 21.3 Å². The van der Waals surface area contributed by atoms with E-state index in [4.69, 9.17) is 0 Å². The van der Waals surface area contributed by atoms with Gasteiger partial charge >= 0.3 is 0 Å². The molecule has 1 atom stereocenters. The molecular formula is C15H22N4. The zero-order valence-electron chi connectivity index (χ0n) is 12.1. The van der Waals surface area contributed by atoms with E-state index in [-0.39, 0.29) is 0 Å². The van der Waals surface area contributed by atoms with E-state index in [1.165, 1.54) is 16.7 Å². The third-order valence-electron chi connectivity index (χ3n) is 3.51. The van der Waals surface area contributed by atoms with Crippen LogP contribution in [-0.2, 0) is 13.5 Å². The lowest BCUT2D eigenvalue weighted by Gasteiger charge is -2.17. The molecule has 0 amide bonds. The predicted octanol–water partition coefficient (Wildman–Crippen LogP) is 2.33. The van der Waals surface area contributed by atoms with Crippen LogP contribution in [0.3, 0.4) is 0 Å². The minimum Gasteiger partial charge on any atom is -0.321 e. The molecular weight excluding hydrogens is 236 g/mol. The van der Waals surface area contributed by atoms with Gasteiger partial charge in [0.2, 0.25) is 0 Å². The molecule has 2 aromatic rings. The number of nitrogens with zero attached hydrogens (tertiary/aromatic N) is 3. The highest BCUT2D eigenvalue weighted by molar-refractivity contribution is 5.32. The molecule has 4 nitrogen and oxygen atoms in total. The Balaban J connectivity index is 1.92. The number of benzene rings is 1. The van der Waals surface area contributed by atoms with Crippen molar-refractivity contribution in [3.63, 3.8) is 0 Å². The first-order valence-corrected chi connectivity index (χ1v) is 6.71. The fourth-order valence-electron chi connectivity index (χ4n) is 2.27. The summed E-state index contributed by atoms with van der Waals surface area (Å²) >= 11 is 0. The van der Waals surface area contributed by atoms with Crippen LogP contribution in [0.2, 0.25) is 0 Å². The molecule has 0 aliphatic carbocycles. The van der Waals surface area contributed by atoms with Gasteiger partial charge in [0.05, 0.1) is 0 Å². The highest BCUT2D eigenvalue weighted by atomic mass is 15.2. The first-order valence-electron chi connectivity index (χ1n) is 6.71. The molecule has 1 aromatic heterocycles. The summed E-state index contributed by atoms with van der Waals surface area (Å²) in [5, 5.41) is 11.5. The fourth-order valence-corrected chi connectivity index (χ4v) is 2.27. The number of nitrogens with one attached hydrogen (secondary N) is 1. The summed E-state index contributed by atoms with van der Waals surface area (Å²) in [7, 11) is 1.98. The van der Waals surface area contributed by atoms with E-state index in [1.807, 2.05) is 11.6 Å². The molecule has 102 valence electrons. The molecule has 0 saturated heterocycles. The van der Waals surface area contributed by atoms with Gasteiger partial charge in [-0.25, -0.2) is 0 Å². The highest BCUT2D eigenvalue weighted by Crippen LogP contribution is 2.18. The van der Waals surface area contributed by atoms with Crippen molar-refractivity contribution < 1.29 is 0 Å². The van der Waals surface area contributed by atoms with Crippen LogP contribution in [0.5, 0.6) is 0 Å². The van der Waals surface area contributed by atoms with Gasteiger partial charge in [-0.15, -0.1) is 10.2 Å². The third kappa shape index (κ3) is 3.41. The minimum atomic E-state index is 0.355. The average molecular weight is 258 g/mol. The Bertz CT molecular complexity index is 545. The van der Waals surface area contributed by atoms with Crippen molar-refractivity contribution in [3.8, 4) is 0 Å². The van der Waals surface area contributed by atoms with Crippen molar-refractivity contribution in [2.24, 2.45) is 7.05 Å². The smallest absolute Gasteiger partial charge is 0.133 e. The molecule has 0 bridgehead atoms. The van der Waals surface area contributed by atoms with Crippen molar-refractivity contribution in [1.82, 2.24) is 20.1 Å². The van der Waals surface area contributed by atoms with Crippen LogP contribution in [0, 0.1) is 13.8 Å². The standard InChI is InChI=1S/C15H22N4/c1-11-5-6-12(2)14(9-11)13(3)16-8-7-15-18-17-10-19(15)4/h5-6,9-10,13,16H,7-8H2,1-4H3. The van der Waals surface area contributed by atoms with Crippen molar-refractivity contribution in [2.75, 3.05) is 6.54 Å². The summed E-state index contributed by atoms with van der Waals surface area (Å²) < 4.78 is 1.96. The lowest BCUT2D eigenvalue weighted by molar-refractivity contribution is 0.562. The Morgan fingerprint density at radius 3 is 2.79 bits per heavy atom. The Hall–Kier alpha value is -1.68. The largest absolute Gasteiger partial charge is 0.321 e. The minimum absolute atomic E-state index is 0.355. The summed E-state index contributed by atoms with van der Waals surface area (Å²) in [6.07, 6.45) is 2.63. The van der Waals surface area contributed by atoms with E-state index < -0.39 is 0 Å².